The van der Waals surface area contributed by atoms with Crippen molar-refractivity contribution in [3.8, 4) is 0 Å². The van der Waals surface area contributed by atoms with Crippen LogP contribution >= 0.6 is 0 Å². The van der Waals surface area contributed by atoms with Crippen molar-refractivity contribution in [3.05, 3.63) is 41.8 Å². The summed E-state index contributed by atoms with van der Waals surface area (Å²) in [6.45, 7) is 0.564. The van der Waals surface area contributed by atoms with Gasteiger partial charge in [0.1, 0.15) is 17.0 Å². The molecule has 2 heterocycles. The van der Waals surface area contributed by atoms with E-state index in [9.17, 15) is 14.3 Å². The van der Waals surface area contributed by atoms with Crippen LogP contribution < -0.4 is 0 Å². The van der Waals surface area contributed by atoms with Crippen molar-refractivity contribution >= 4 is 16.8 Å². The van der Waals surface area contributed by atoms with Crippen molar-refractivity contribution < 1.29 is 14.3 Å². The Balaban J connectivity index is 1.97. The van der Waals surface area contributed by atoms with Gasteiger partial charge in [-0.25, -0.2) is 9.37 Å². The molecule has 4 nitrogen and oxygen atoms in total. The molecule has 0 bridgehead atoms. The van der Waals surface area contributed by atoms with Gasteiger partial charge in [0, 0.05) is 11.9 Å². The molecule has 1 atom stereocenters. The Morgan fingerprint density at radius 1 is 1.40 bits per heavy atom. The maximum Gasteiger partial charge on any atom is 0.272 e. The number of halogens is 1. The quantitative estimate of drug-likeness (QED) is 0.911. The number of para-hydroxylation sites is 1. The zero-order valence-electron chi connectivity index (χ0n) is 10.9. The molecule has 0 saturated carbocycles. The lowest BCUT2D eigenvalue weighted by molar-refractivity contribution is 0.0672. The van der Waals surface area contributed by atoms with Crippen LogP contribution in [-0.4, -0.2) is 40.1 Å². The number of aliphatic hydroxyl groups is 1. The molecule has 1 aliphatic rings. The molecule has 1 amide bonds. The first kappa shape index (κ1) is 13.0. The summed E-state index contributed by atoms with van der Waals surface area (Å²) in [5.74, 6) is -0.677. The summed E-state index contributed by atoms with van der Waals surface area (Å²) in [5, 5.41) is 9.94. The second-order valence-corrected chi connectivity index (χ2v) is 4.99. The summed E-state index contributed by atoms with van der Waals surface area (Å²) in [7, 11) is 0. The molecule has 0 unspecified atom stereocenters. The number of carbonyl (C=O) groups is 1. The molecule has 1 N–H and O–H groups in total. The first-order valence-corrected chi connectivity index (χ1v) is 6.68. The third-order valence-electron chi connectivity index (χ3n) is 3.74. The highest BCUT2D eigenvalue weighted by Crippen LogP contribution is 2.21. The number of likely N-dealkylation sites (tertiary alicyclic amines) is 1. The van der Waals surface area contributed by atoms with Crippen molar-refractivity contribution in [1.82, 2.24) is 9.88 Å². The third-order valence-corrected chi connectivity index (χ3v) is 3.74. The summed E-state index contributed by atoms with van der Waals surface area (Å²) < 4.78 is 13.7. The van der Waals surface area contributed by atoms with Gasteiger partial charge >= 0.3 is 0 Å². The molecular weight excluding hydrogens is 259 g/mol. The van der Waals surface area contributed by atoms with Crippen LogP contribution in [0.15, 0.2) is 30.3 Å². The monoisotopic (exact) mass is 274 g/mol. The molecule has 1 aromatic carbocycles. The fourth-order valence-corrected chi connectivity index (χ4v) is 2.67. The number of rotatable bonds is 2. The minimum absolute atomic E-state index is 0.0479. The summed E-state index contributed by atoms with van der Waals surface area (Å²) in [4.78, 5) is 18.2. The Morgan fingerprint density at radius 2 is 2.25 bits per heavy atom. The van der Waals surface area contributed by atoms with E-state index in [2.05, 4.69) is 4.98 Å². The number of benzene rings is 1. The second kappa shape index (κ2) is 5.17. The van der Waals surface area contributed by atoms with Gasteiger partial charge in [-0.3, -0.25) is 4.79 Å². The number of pyridine rings is 1. The van der Waals surface area contributed by atoms with Gasteiger partial charge in [-0.05, 0) is 25.0 Å². The molecule has 0 aliphatic carbocycles. The minimum atomic E-state index is -0.433. The standard InChI is InChI=1S/C15H15FN2O2/c16-12-5-1-3-10-6-7-13(17-14(10)12)15(20)18-8-2-4-11(18)9-19/h1,3,5-7,11,19H,2,4,8-9H2/t11-/m1/s1. The first-order chi connectivity index (χ1) is 9.70. The Labute approximate surface area is 115 Å². The van der Waals surface area contributed by atoms with E-state index in [0.29, 0.717) is 11.9 Å². The molecule has 20 heavy (non-hydrogen) atoms. The van der Waals surface area contributed by atoms with Crippen LogP contribution in [0.25, 0.3) is 10.9 Å². The fraction of sp³-hybridized carbons (Fsp3) is 0.333. The van der Waals surface area contributed by atoms with E-state index < -0.39 is 5.82 Å². The van der Waals surface area contributed by atoms with Gasteiger partial charge in [0.05, 0.1) is 12.6 Å². The number of aliphatic hydroxyl groups excluding tert-OH is 1. The van der Waals surface area contributed by atoms with Crippen LogP contribution in [0.3, 0.4) is 0 Å². The number of amides is 1. The van der Waals surface area contributed by atoms with Crippen molar-refractivity contribution in [3.63, 3.8) is 0 Å². The molecule has 5 heteroatoms. The highest BCUT2D eigenvalue weighted by atomic mass is 19.1. The van der Waals surface area contributed by atoms with Gasteiger partial charge in [-0.2, -0.15) is 0 Å². The van der Waals surface area contributed by atoms with Crippen molar-refractivity contribution in [2.45, 2.75) is 18.9 Å². The molecule has 3 rings (SSSR count). The second-order valence-electron chi connectivity index (χ2n) is 4.99. The molecule has 2 aromatic rings. The van der Waals surface area contributed by atoms with E-state index >= 15 is 0 Å². The predicted molar refractivity (Wildman–Crippen MR) is 72.8 cm³/mol. The number of hydrogen-bond acceptors (Lipinski definition) is 3. The van der Waals surface area contributed by atoms with Crippen molar-refractivity contribution in [2.24, 2.45) is 0 Å². The molecular formula is C15H15FN2O2. The van der Waals surface area contributed by atoms with Crippen LogP contribution in [0, 0.1) is 5.82 Å². The highest BCUT2D eigenvalue weighted by molar-refractivity contribution is 5.95. The lowest BCUT2D eigenvalue weighted by Crippen LogP contribution is -2.38. The topological polar surface area (TPSA) is 53.4 Å². The predicted octanol–water partition coefficient (Wildman–Crippen LogP) is 1.97. The van der Waals surface area contributed by atoms with E-state index in [-0.39, 0.29) is 29.8 Å². The van der Waals surface area contributed by atoms with Crippen LogP contribution in [-0.2, 0) is 0 Å². The lowest BCUT2D eigenvalue weighted by atomic mass is 10.2. The number of hydrogen-bond donors (Lipinski definition) is 1. The van der Waals surface area contributed by atoms with Crippen LogP contribution in [0.2, 0.25) is 0 Å². The zero-order valence-corrected chi connectivity index (χ0v) is 10.9. The molecule has 0 spiro atoms. The summed E-state index contributed by atoms with van der Waals surface area (Å²) in [5.41, 5.74) is 0.432. The molecule has 0 radical (unpaired) electrons. The highest BCUT2D eigenvalue weighted by Gasteiger charge is 2.29. The van der Waals surface area contributed by atoms with Crippen molar-refractivity contribution in [1.29, 1.82) is 0 Å². The van der Waals surface area contributed by atoms with E-state index in [1.807, 2.05) is 0 Å². The summed E-state index contributed by atoms with van der Waals surface area (Å²) >= 11 is 0. The molecule has 1 aromatic heterocycles. The van der Waals surface area contributed by atoms with Gasteiger partial charge in [0.2, 0.25) is 0 Å². The Hall–Kier alpha value is -2.01. The average molecular weight is 274 g/mol. The van der Waals surface area contributed by atoms with E-state index in [0.717, 1.165) is 12.8 Å². The van der Waals surface area contributed by atoms with Gasteiger partial charge in [0.25, 0.3) is 5.91 Å². The fourth-order valence-electron chi connectivity index (χ4n) is 2.67. The maximum atomic E-state index is 13.7. The van der Waals surface area contributed by atoms with Gasteiger partial charge < -0.3 is 10.0 Å². The van der Waals surface area contributed by atoms with Gasteiger partial charge in [0.15, 0.2) is 0 Å². The van der Waals surface area contributed by atoms with E-state index in [4.69, 9.17) is 0 Å². The van der Waals surface area contributed by atoms with E-state index in [1.165, 1.54) is 6.07 Å². The minimum Gasteiger partial charge on any atom is -0.394 e. The van der Waals surface area contributed by atoms with Gasteiger partial charge in [-0.1, -0.05) is 18.2 Å². The largest absolute Gasteiger partial charge is 0.394 e. The first-order valence-electron chi connectivity index (χ1n) is 6.68. The van der Waals surface area contributed by atoms with Crippen LogP contribution in [0.5, 0.6) is 0 Å². The van der Waals surface area contributed by atoms with Gasteiger partial charge in [-0.15, -0.1) is 0 Å². The molecule has 1 fully saturated rings. The molecule has 104 valence electrons. The third kappa shape index (κ3) is 2.14. The molecule has 1 aliphatic heterocycles. The van der Waals surface area contributed by atoms with Crippen molar-refractivity contribution in [2.75, 3.05) is 13.2 Å². The number of aromatic nitrogens is 1. The summed E-state index contributed by atoms with van der Waals surface area (Å²) in [6, 6.07) is 7.85. The Kier molecular flexibility index (Phi) is 3.36. The van der Waals surface area contributed by atoms with Crippen LogP contribution in [0.1, 0.15) is 23.3 Å². The lowest BCUT2D eigenvalue weighted by Gasteiger charge is -2.22. The SMILES string of the molecule is O=C(c1ccc2cccc(F)c2n1)N1CCC[C@@H]1CO. The smallest absolute Gasteiger partial charge is 0.272 e. The molecule has 1 saturated heterocycles. The Bertz CT molecular complexity index is 659. The summed E-state index contributed by atoms with van der Waals surface area (Å²) in [6.07, 6.45) is 1.67. The Morgan fingerprint density at radius 3 is 3.05 bits per heavy atom. The number of nitrogens with zero attached hydrogens (tertiary/aromatic N) is 2. The van der Waals surface area contributed by atoms with Crippen LogP contribution in [0.4, 0.5) is 4.39 Å². The maximum absolute atomic E-state index is 13.7. The zero-order chi connectivity index (χ0) is 14.1. The average Bonchev–Trinajstić information content (AvgIpc) is 2.95. The normalized spacial score (nSPS) is 18.7. The number of carbonyl (C=O) groups excluding carboxylic acids is 1. The number of fused-ring (bicyclic) bond motifs is 1. The van der Waals surface area contributed by atoms with E-state index in [1.54, 1.807) is 29.2 Å².